The summed E-state index contributed by atoms with van der Waals surface area (Å²) in [4.78, 5) is 69.6. The summed E-state index contributed by atoms with van der Waals surface area (Å²) in [6.45, 7) is 18.5. The van der Waals surface area contributed by atoms with E-state index in [1.54, 1.807) is 22.5 Å². The van der Waals surface area contributed by atoms with Gasteiger partial charge < -0.3 is 26.2 Å². The summed E-state index contributed by atoms with van der Waals surface area (Å²) < 4.78 is 13.7. The average Bonchev–Trinajstić information content (AvgIpc) is 3.59. The van der Waals surface area contributed by atoms with Gasteiger partial charge in [0.1, 0.15) is 12.1 Å². The monoisotopic (exact) mass is 680 g/mol. The van der Waals surface area contributed by atoms with E-state index in [0.29, 0.717) is 25.9 Å². The second-order valence-electron chi connectivity index (χ2n) is 16.8. The van der Waals surface area contributed by atoms with Gasteiger partial charge in [-0.3, -0.25) is 19.2 Å². The number of hydrogen-bond acceptors (Lipinski definition) is 6. The molecule has 7 atom stereocenters. The zero-order valence-electron chi connectivity index (χ0n) is 30.5. The zero-order valence-corrected chi connectivity index (χ0v) is 31.3. The molecule has 13 heteroatoms. The standard InChI is InChI=1S/C34H60N6O6S/c1-12-13-23(26(41)29(43)35-20-14-15-20)36-28(42)25-21-16-17-34(8,9)22(21)18-40(25)30(44)27(33(5,6)7)38-31(45)37-24(32(2,3)4)19-39(10)47(11)46/h20-25,27H,12-19H2,1-11H3,(H,35,43)(H,36,42)(H2,37,38,45)/t21-,22-,23?,24+,25-,27+,47?/m0/s1. The van der Waals surface area contributed by atoms with E-state index in [-0.39, 0.29) is 40.7 Å². The Balaban J connectivity index is 1.87. The lowest BCUT2D eigenvalue weighted by atomic mass is 9.79. The predicted molar refractivity (Wildman–Crippen MR) is 183 cm³/mol. The third-order valence-electron chi connectivity index (χ3n) is 10.3. The molecule has 2 unspecified atom stereocenters. The Hall–Kier alpha value is -2.54. The molecular formula is C34H60N6O6S. The fourth-order valence-corrected chi connectivity index (χ4v) is 7.24. The van der Waals surface area contributed by atoms with E-state index in [1.165, 1.54) is 0 Å². The number of nitrogens with one attached hydrogen (secondary N) is 4. The Kier molecular flexibility index (Phi) is 12.4. The van der Waals surface area contributed by atoms with E-state index in [2.05, 4.69) is 35.1 Å². The average molecular weight is 681 g/mol. The second kappa shape index (κ2) is 14.9. The topological polar surface area (TPSA) is 157 Å². The molecule has 0 radical (unpaired) electrons. The number of Topliss-reactive ketones (excluding diaryl/α,β-unsaturated/α-hetero) is 1. The van der Waals surface area contributed by atoms with E-state index in [0.717, 1.165) is 25.7 Å². The van der Waals surface area contributed by atoms with Crippen molar-refractivity contribution in [3.05, 3.63) is 0 Å². The van der Waals surface area contributed by atoms with Gasteiger partial charge in [0, 0.05) is 31.4 Å². The largest absolute Gasteiger partial charge is 0.347 e. The van der Waals surface area contributed by atoms with Crippen LogP contribution in [-0.4, -0.2) is 99.6 Å². The van der Waals surface area contributed by atoms with Crippen LogP contribution in [0.3, 0.4) is 0 Å². The van der Waals surface area contributed by atoms with Gasteiger partial charge in [0.25, 0.3) is 5.91 Å². The molecule has 0 aromatic rings. The lowest BCUT2D eigenvalue weighted by Gasteiger charge is -2.38. The molecule has 3 rings (SSSR count). The number of fused-ring (bicyclic) bond motifs is 1. The van der Waals surface area contributed by atoms with Gasteiger partial charge in [0.05, 0.1) is 17.0 Å². The summed E-state index contributed by atoms with van der Waals surface area (Å²) in [6, 6.07) is -3.66. The summed E-state index contributed by atoms with van der Waals surface area (Å²) >= 11 is 0. The summed E-state index contributed by atoms with van der Waals surface area (Å²) in [7, 11) is 0.503. The van der Waals surface area contributed by atoms with Crippen LogP contribution in [0.1, 0.15) is 101 Å². The minimum atomic E-state index is -1.22. The minimum absolute atomic E-state index is 0.0167. The summed E-state index contributed by atoms with van der Waals surface area (Å²) in [5.41, 5.74) is -1.17. The van der Waals surface area contributed by atoms with Crippen LogP contribution >= 0.6 is 0 Å². The second-order valence-corrected chi connectivity index (χ2v) is 18.2. The van der Waals surface area contributed by atoms with Gasteiger partial charge in [-0.25, -0.2) is 13.3 Å². The maximum atomic E-state index is 14.5. The highest BCUT2D eigenvalue weighted by Gasteiger charge is 2.57. The molecule has 0 aromatic carbocycles. The van der Waals surface area contributed by atoms with Crippen LogP contribution < -0.4 is 21.3 Å². The van der Waals surface area contributed by atoms with Crippen molar-refractivity contribution in [3.63, 3.8) is 0 Å². The highest BCUT2D eigenvalue weighted by molar-refractivity contribution is 7.81. The molecule has 3 aliphatic rings. The summed E-state index contributed by atoms with van der Waals surface area (Å²) in [6.07, 6.45) is 5.82. The van der Waals surface area contributed by atoms with E-state index in [4.69, 9.17) is 0 Å². The number of nitrogens with zero attached hydrogens (tertiary/aromatic N) is 2. The van der Waals surface area contributed by atoms with Crippen molar-refractivity contribution in [3.8, 4) is 0 Å². The molecule has 1 aliphatic heterocycles. The van der Waals surface area contributed by atoms with Crippen molar-refractivity contribution in [2.75, 3.05) is 26.4 Å². The third kappa shape index (κ3) is 9.77. The molecule has 0 aromatic heterocycles. The van der Waals surface area contributed by atoms with Crippen molar-refractivity contribution in [1.82, 2.24) is 30.5 Å². The molecule has 268 valence electrons. The van der Waals surface area contributed by atoms with E-state index >= 15 is 0 Å². The molecule has 2 saturated carbocycles. The van der Waals surface area contributed by atoms with Crippen LogP contribution in [0, 0.1) is 28.1 Å². The summed E-state index contributed by atoms with van der Waals surface area (Å²) in [5.74, 6) is -2.19. The first-order chi connectivity index (χ1) is 21.6. The van der Waals surface area contributed by atoms with Crippen molar-refractivity contribution in [2.24, 2.45) is 28.1 Å². The number of amides is 5. The van der Waals surface area contributed by atoms with Gasteiger partial charge in [-0.05, 0) is 67.2 Å². The molecule has 3 fully saturated rings. The first-order valence-electron chi connectivity index (χ1n) is 17.2. The molecule has 0 bridgehead atoms. The molecule has 12 nitrogen and oxygen atoms in total. The van der Waals surface area contributed by atoms with Gasteiger partial charge in [0.15, 0.2) is 0 Å². The lowest BCUT2D eigenvalue weighted by molar-refractivity contribution is -0.144. The van der Waals surface area contributed by atoms with Gasteiger partial charge in [-0.2, -0.15) is 0 Å². The van der Waals surface area contributed by atoms with Gasteiger partial charge >= 0.3 is 6.03 Å². The van der Waals surface area contributed by atoms with Crippen LogP contribution in [0.5, 0.6) is 0 Å². The number of likely N-dealkylation sites (N-methyl/N-ethyl adjacent to an activating group) is 1. The van der Waals surface area contributed by atoms with E-state index in [9.17, 15) is 28.2 Å². The van der Waals surface area contributed by atoms with Crippen molar-refractivity contribution in [2.45, 2.75) is 131 Å². The smallest absolute Gasteiger partial charge is 0.315 e. The normalized spacial score (nSPS) is 24.9. The number of urea groups is 1. The fourth-order valence-electron chi connectivity index (χ4n) is 6.89. The van der Waals surface area contributed by atoms with Crippen LogP contribution in [0.4, 0.5) is 4.79 Å². The number of ketones is 1. The maximum Gasteiger partial charge on any atom is 0.315 e. The fraction of sp³-hybridized carbons (Fsp3) is 0.853. The molecule has 47 heavy (non-hydrogen) atoms. The van der Waals surface area contributed by atoms with Crippen LogP contribution in [-0.2, 0) is 30.2 Å². The molecule has 1 saturated heterocycles. The van der Waals surface area contributed by atoms with Gasteiger partial charge in [0.2, 0.25) is 17.6 Å². The van der Waals surface area contributed by atoms with Crippen LogP contribution in [0.15, 0.2) is 0 Å². The van der Waals surface area contributed by atoms with Crippen molar-refractivity contribution >= 4 is 40.5 Å². The number of hydrogen-bond donors (Lipinski definition) is 4. The Morgan fingerprint density at radius 1 is 0.957 bits per heavy atom. The molecule has 2 aliphatic carbocycles. The van der Waals surface area contributed by atoms with Crippen LogP contribution in [0.2, 0.25) is 0 Å². The SMILES string of the molecule is CCCC(NC(=O)[C@@H]1[C@H]2CCC(C)(C)[C@H]2CN1C(=O)[C@@H](NC(=O)N[C@H](CN(C)S(C)=O)C(C)(C)C)C(C)(C)C)C(=O)C(=O)NC1CC1. The highest BCUT2D eigenvalue weighted by atomic mass is 32.2. The molecule has 5 amide bonds. The maximum absolute atomic E-state index is 14.5. The van der Waals surface area contributed by atoms with E-state index < -0.39 is 58.2 Å². The number of carbonyl (C=O) groups is 5. The van der Waals surface area contributed by atoms with Gasteiger partial charge in [-0.15, -0.1) is 0 Å². The van der Waals surface area contributed by atoms with Crippen molar-refractivity contribution < 1.29 is 28.2 Å². The number of carbonyl (C=O) groups excluding carboxylic acids is 5. The lowest BCUT2D eigenvalue weighted by Crippen LogP contribution is -2.62. The van der Waals surface area contributed by atoms with E-state index in [1.807, 2.05) is 48.5 Å². The third-order valence-corrected chi connectivity index (χ3v) is 11.3. The van der Waals surface area contributed by atoms with Crippen LogP contribution in [0.25, 0.3) is 0 Å². The first-order valence-corrected chi connectivity index (χ1v) is 18.7. The Morgan fingerprint density at radius 3 is 2.09 bits per heavy atom. The Morgan fingerprint density at radius 2 is 1.57 bits per heavy atom. The first kappa shape index (κ1) is 38.9. The Bertz CT molecular complexity index is 1220. The quantitative estimate of drug-likeness (QED) is 0.219. The number of rotatable bonds is 13. The number of likely N-dealkylation sites (tertiary alicyclic amines) is 1. The molecule has 4 N–H and O–H groups in total. The minimum Gasteiger partial charge on any atom is -0.347 e. The Labute approximate surface area is 284 Å². The highest BCUT2D eigenvalue weighted by Crippen LogP contribution is 2.53. The molecule has 0 spiro atoms. The molecule has 1 heterocycles. The predicted octanol–water partition coefficient (Wildman–Crippen LogP) is 2.74. The van der Waals surface area contributed by atoms with Crippen molar-refractivity contribution in [1.29, 1.82) is 0 Å². The molecular weight excluding hydrogens is 620 g/mol. The summed E-state index contributed by atoms with van der Waals surface area (Å²) in [5, 5.41) is 11.5. The zero-order chi connectivity index (χ0) is 35.6. The van der Waals surface area contributed by atoms with Gasteiger partial charge in [-0.1, -0.05) is 68.7 Å².